The summed E-state index contributed by atoms with van der Waals surface area (Å²) < 4.78 is 3.70. The number of hydrogen-bond acceptors (Lipinski definition) is 3. The Kier molecular flexibility index (Phi) is 4.58. The second-order valence-electron chi connectivity index (χ2n) is 7.67. The summed E-state index contributed by atoms with van der Waals surface area (Å²) in [5, 5.41) is 19.1. The quantitative estimate of drug-likeness (QED) is 0.409. The van der Waals surface area contributed by atoms with Crippen molar-refractivity contribution in [3.63, 3.8) is 0 Å². The van der Waals surface area contributed by atoms with E-state index in [0.717, 1.165) is 44.3 Å². The van der Waals surface area contributed by atoms with E-state index in [1.165, 1.54) is 0 Å². The van der Waals surface area contributed by atoms with Gasteiger partial charge in [0.25, 0.3) is 0 Å². The maximum atomic E-state index is 9.41. The molecule has 0 fully saturated rings. The summed E-state index contributed by atoms with van der Waals surface area (Å²) in [6, 6.07) is 23.6. The molecule has 2 heterocycles. The van der Waals surface area contributed by atoms with Gasteiger partial charge in [0, 0.05) is 23.6 Å². The summed E-state index contributed by atoms with van der Waals surface area (Å²) in [7, 11) is 1.86. The minimum atomic E-state index is 0.313. The molecular formula is C27H19N5. The molecule has 0 amide bonds. The predicted molar refractivity (Wildman–Crippen MR) is 125 cm³/mol. The van der Waals surface area contributed by atoms with Gasteiger partial charge < -0.3 is 4.57 Å². The van der Waals surface area contributed by atoms with Crippen LogP contribution in [-0.2, 0) is 7.05 Å². The van der Waals surface area contributed by atoms with Crippen LogP contribution in [0, 0.1) is 35.5 Å². The van der Waals surface area contributed by atoms with Gasteiger partial charge in [0.2, 0.25) is 5.62 Å². The van der Waals surface area contributed by atoms with Crippen molar-refractivity contribution in [3.8, 4) is 23.6 Å². The van der Waals surface area contributed by atoms with Gasteiger partial charge in [-0.3, -0.25) is 15.0 Å². The Morgan fingerprint density at radius 2 is 1.66 bits per heavy atom. The number of nitriles is 1. The molecular weight excluding hydrogens is 394 g/mol. The van der Waals surface area contributed by atoms with Crippen molar-refractivity contribution in [2.24, 2.45) is 7.05 Å². The summed E-state index contributed by atoms with van der Waals surface area (Å²) in [6.45, 7) is 1.99. The first-order chi connectivity index (χ1) is 15.6. The number of pyridine rings is 1. The lowest BCUT2D eigenvalue weighted by molar-refractivity contribution is 0.786. The molecule has 5 rings (SSSR count). The molecule has 32 heavy (non-hydrogen) atoms. The molecule has 2 aromatic heterocycles. The van der Waals surface area contributed by atoms with E-state index >= 15 is 0 Å². The number of imidazole rings is 1. The average Bonchev–Trinajstić information content (AvgIpc) is 3.09. The van der Waals surface area contributed by atoms with E-state index in [9.17, 15) is 5.26 Å². The molecule has 0 radical (unpaired) electrons. The number of aryl methyl sites for hydroxylation is 2. The molecule has 3 aromatic carbocycles. The van der Waals surface area contributed by atoms with Crippen LogP contribution in [0.4, 0.5) is 0 Å². The third-order valence-corrected chi connectivity index (χ3v) is 5.64. The summed E-state index contributed by atoms with van der Waals surface area (Å²) in [5.41, 5.74) is 7.05. The number of aromatic nitrogens is 3. The fourth-order valence-electron chi connectivity index (χ4n) is 3.92. The highest BCUT2D eigenvalue weighted by Gasteiger charge is 2.16. The number of fused-ring (bicyclic) bond motifs is 3. The summed E-state index contributed by atoms with van der Waals surface area (Å²) >= 11 is 0. The van der Waals surface area contributed by atoms with E-state index < -0.39 is 0 Å². The van der Waals surface area contributed by atoms with E-state index in [-0.39, 0.29) is 0 Å². The Labute approximate surface area is 185 Å². The standard InChI is InChI=1S/C27H19N5/c1-18-8-9-21(16-28)15-24(18)32-26-22-14-20(11-10-19-6-4-3-5-7-19)12-13-23(22)30-17-25(26)31(2)27(32)29/h3-9,12-15,17,29H,1-2H3. The maximum absolute atomic E-state index is 9.41. The lowest BCUT2D eigenvalue weighted by Gasteiger charge is -2.10. The van der Waals surface area contributed by atoms with Gasteiger partial charge >= 0.3 is 0 Å². The maximum Gasteiger partial charge on any atom is 0.207 e. The molecule has 0 saturated heterocycles. The van der Waals surface area contributed by atoms with Gasteiger partial charge in [-0.2, -0.15) is 5.26 Å². The molecule has 0 bridgehead atoms. The number of nitrogens with zero attached hydrogens (tertiary/aromatic N) is 4. The second-order valence-corrected chi connectivity index (χ2v) is 7.67. The van der Waals surface area contributed by atoms with Crippen LogP contribution >= 0.6 is 0 Å². The smallest absolute Gasteiger partial charge is 0.207 e. The van der Waals surface area contributed by atoms with Crippen molar-refractivity contribution in [1.82, 2.24) is 14.1 Å². The molecule has 0 unspecified atom stereocenters. The third-order valence-electron chi connectivity index (χ3n) is 5.64. The highest BCUT2D eigenvalue weighted by molar-refractivity contribution is 6.03. The molecule has 0 saturated carbocycles. The SMILES string of the molecule is Cc1ccc(C#N)cc1-n1c(=N)n(C)c2cnc3ccc(C#Cc4ccccc4)cc3c21. The van der Waals surface area contributed by atoms with Crippen LogP contribution in [0.5, 0.6) is 0 Å². The molecule has 0 aliphatic rings. The molecule has 152 valence electrons. The number of hydrogen-bond donors (Lipinski definition) is 1. The minimum Gasteiger partial charge on any atom is -0.312 e. The molecule has 1 N–H and O–H groups in total. The molecule has 5 aromatic rings. The van der Waals surface area contributed by atoms with Crippen molar-refractivity contribution in [1.29, 1.82) is 10.7 Å². The zero-order valence-electron chi connectivity index (χ0n) is 17.7. The highest BCUT2D eigenvalue weighted by Crippen LogP contribution is 2.27. The Morgan fingerprint density at radius 3 is 2.44 bits per heavy atom. The molecule has 0 aliphatic carbocycles. The lowest BCUT2D eigenvalue weighted by atomic mass is 10.1. The van der Waals surface area contributed by atoms with Crippen molar-refractivity contribution in [2.75, 3.05) is 0 Å². The normalized spacial score (nSPS) is 10.7. The van der Waals surface area contributed by atoms with Crippen LogP contribution in [0.3, 0.4) is 0 Å². The van der Waals surface area contributed by atoms with Gasteiger partial charge in [-0.1, -0.05) is 36.1 Å². The van der Waals surface area contributed by atoms with Crippen molar-refractivity contribution < 1.29 is 0 Å². The monoisotopic (exact) mass is 413 g/mol. The summed E-state index contributed by atoms with van der Waals surface area (Å²) in [6.07, 6.45) is 1.80. The Balaban J connectivity index is 1.82. The van der Waals surface area contributed by atoms with Crippen LogP contribution in [0.25, 0.3) is 27.6 Å². The van der Waals surface area contributed by atoms with E-state index in [2.05, 4.69) is 22.9 Å². The van der Waals surface area contributed by atoms with Crippen LogP contribution in [0.15, 0.2) is 72.9 Å². The van der Waals surface area contributed by atoms with E-state index in [1.807, 2.05) is 83.8 Å². The van der Waals surface area contributed by atoms with Gasteiger partial charge in [-0.05, 0) is 55.0 Å². The molecule has 5 nitrogen and oxygen atoms in total. The van der Waals surface area contributed by atoms with Crippen LogP contribution in [0.1, 0.15) is 22.3 Å². The Bertz CT molecular complexity index is 1670. The van der Waals surface area contributed by atoms with E-state index in [0.29, 0.717) is 11.2 Å². The van der Waals surface area contributed by atoms with Gasteiger partial charge in [0.1, 0.15) is 0 Å². The van der Waals surface area contributed by atoms with Crippen molar-refractivity contribution in [2.45, 2.75) is 6.92 Å². The average molecular weight is 413 g/mol. The number of benzene rings is 3. The first-order valence-corrected chi connectivity index (χ1v) is 10.2. The zero-order chi connectivity index (χ0) is 22.2. The van der Waals surface area contributed by atoms with Gasteiger partial charge in [0.15, 0.2) is 0 Å². The van der Waals surface area contributed by atoms with Crippen LogP contribution in [-0.4, -0.2) is 14.1 Å². The van der Waals surface area contributed by atoms with Crippen molar-refractivity contribution in [3.05, 3.63) is 101 Å². The second kappa shape index (κ2) is 7.58. The molecule has 5 heteroatoms. The first-order valence-electron chi connectivity index (χ1n) is 10.2. The van der Waals surface area contributed by atoms with Crippen LogP contribution < -0.4 is 5.62 Å². The number of rotatable bonds is 1. The minimum absolute atomic E-state index is 0.313. The summed E-state index contributed by atoms with van der Waals surface area (Å²) in [4.78, 5) is 4.62. The molecule has 0 spiro atoms. The fraction of sp³-hybridized carbons (Fsp3) is 0.0741. The summed E-state index contributed by atoms with van der Waals surface area (Å²) in [5.74, 6) is 6.45. The molecule has 0 aliphatic heterocycles. The lowest BCUT2D eigenvalue weighted by Crippen LogP contribution is -2.21. The van der Waals surface area contributed by atoms with Gasteiger partial charge in [0.05, 0.1) is 40.1 Å². The van der Waals surface area contributed by atoms with Gasteiger partial charge in [-0.25, -0.2) is 0 Å². The largest absolute Gasteiger partial charge is 0.312 e. The Hall–Kier alpha value is -4.61. The predicted octanol–water partition coefficient (Wildman–Crippen LogP) is 4.58. The molecule has 0 atom stereocenters. The zero-order valence-corrected chi connectivity index (χ0v) is 17.7. The highest BCUT2D eigenvalue weighted by atomic mass is 15.2. The van der Waals surface area contributed by atoms with E-state index in [4.69, 9.17) is 5.41 Å². The Morgan fingerprint density at radius 1 is 0.906 bits per heavy atom. The van der Waals surface area contributed by atoms with Gasteiger partial charge in [-0.15, -0.1) is 0 Å². The fourth-order valence-corrected chi connectivity index (χ4v) is 3.92. The first kappa shape index (κ1) is 19.4. The number of nitrogens with one attached hydrogen (secondary N) is 1. The van der Waals surface area contributed by atoms with Crippen LogP contribution in [0.2, 0.25) is 0 Å². The third kappa shape index (κ3) is 3.14. The topological polar surface area (TPSA) is 70.4 Å². The van der Waals surface area contributed by atoms with E-state index in [1.54, 1.807) is 12.3 Å². The van der Waals surface area contributed by atoms with Crippen molar-refractivity contribution >= 4 is 21.9 Å².